The van der Waals surface area contributed by atoms with Crippen molar-refractivity contribution in [1.82, 2.24) is 25.3 Å². The number of nitrogens with zero attached hydrogens (tertiary/aromatic N) is 4. The Balaban J connectivity index is 1.79. The molecule has 1 N–H and O–H groups in total. The molecule has 8 nitrogen and oxygen atoms in total. The molecule has 0 aliphatic carbocycles. The van der Waals surface area contributed by atoms with Gasteiger partial charge in [-0.15, -0.1) is 5.10 Å². The molecule has 22 heavy (non-hydrogen) atoms. The van der Waals surface area contributed by atoms with Gasteiger partial charge in [-0.1, -0.05) is 5.21 Å². The summed E-state index contributed by atoms with van der Waals surface area (Å²) >= 11 is 0. The number of amides is 1. The number of esters is 1. The molecule has 0 aromatic carbocycles. The van der Waals surface area contributed by atoms with Crippen molar-refractivity contribution < 1.29 is 14.3 Å². The molecule has 2 aromatic rings. The Morgan fingerprint density at radius 1 is 1.27 bits per heavy atom. The fraction of sp³-hybridized carbons (Fsp3) is 0.357. The normalized spacial score (nSPS) is 10.2. The minimum atomic E-state index is -0.374. The Hall–Kier alpha value is -2.77. The maximum atomic E-state index is 11.6. The average molecular weight is 303 g/mol. The van der Waals surface area contributed by atoms with Crippen LogP contribution in [0, 0.1) is 0 Å². The van der Waals surface area contributed by atoms with Gasteiger partial charge in [0.1, 0.15) is 5.69 Å². The van der Waals surface area contributed by atoms with E-state index in [0.29, 0.717) is 12.3 Å². The van der Waals surface area contributed by atoms with Gasteiger partial charge >= 0.3 is 5.97 Å². The van der Waals surface area contributed by atoms with Crippen LogP contribution in [-0.2, 0) is 20.9 Å². The number of aromatic nitrogens is 4. The first-order valence-electron chi connectivity index (χ1n) is 6.93. The Bertz CT molecular complexity index is 626. The Labute approximate surface area is 127 Å². The van der Waals surface area contributed by atoms with Crippen molar-refractivity contribution in [2.75, 3.05) is 6.61 Å². The van der Waals surface area contributed by atoms with Gasteiger partial charge in [0.05, 0.1) is 31.5 Å². The van der Waals surface area contributed by atoms with Crippen LogP contribution >= 0.6 is 0 Å². The van der Waals surface area contributed by atoms with Gasteiger partial charge in [-0.3, -0.25) is 14.6 Å². The summed E-state index contributed by atoms with van der Waals surface area (Å²) < 4.78 is 6.36. The zero-order valence-electron chi connectivity index (χ0n) is 12.2. The molecule has 0 atom stereocenters. The molecule has 0 bridgehead atoms. The molecule has 2 heterocycles. The zero-order chi connectivity index (χ0) is 15.8. The van der Waals surface area contributed by atoms with Crippen LogP contribution in [0.4, 0.5) is 0 Å². The predicted molar refractivity (Wildman–Crippen MR) is 76.9 cm³/mol. The molecule has 0 spiro atoms. The summed E-state index contributed by atoms with van der Waals surface area (Å²) in [6.07, 6.45) is 5.21. The second-order valence-electron chi connectivity index (χ2n) is 4.44. The van der Waals surface area contributed by atoms with Crippen LogP contribution in [0.2, 0.25) is 0 Å². The van der Waals surface area contributed by atoms with E-state index in [-0.39, 0.29) is 31.3 Å². The van der Waals surface area contributed by atoms with E-state index in [1.165, 1.54) is 0 Å². The molecule has 0 fully saturated rings. The molecule has 0 unspecified atom stereocenters. The van der Waals surface area contributed by atoms with Crippen molar-refractivity contribution in [2.45, 2.75) is 26.3 Å². The van der Waals surface area contributed by atoms with E-state index in [1.807, 2.05) is 0 Å². The first-order valence-corrected chi connectivity index (χ1v) is 6.93. The standard InChI is InChI=1S/C14H17N5O3/c1-2-22-14(21)4-3-13(20)16-9-11-10-19(18-17-11)12-5-7-15-8-6-12/h5-8,10H,2-4,9H2,1H3,(H,16,20). The molecule has 0 aliphatic heterocycles. The topological polar surface area (TPSA) is 99.0 Å². The Kier molecular flexibility index (Phi) is 5.58. The van der Waals surface area contributed by atoms with Crippen molar-refractivity contribution in [1.29, 1.82) is 0 Å². The number of nitrogens with one attached hydrogen (secondary N) is 1. The van der Waals surface area contributed by atoms with Gasteiger partial charge in [-0.25, -0.2) is 4.68 Å². The minimum Gasteiger partial charge on any atom is -0.466 e. The van der Waals surface area contributed by atoms with E-state index in [0.717, 1.165) is 5.69 Å². The first kappa shape index (κ1) is 15.6. The third-order valence-corrected chi connectivity index (χ3v) is 2.80. The van der Waals surface area contributed by atoms with Crippen molar-refractivity contribution in [2.24, 2.45) is 0 Å². The average Bonchev–Trinajstić information content (AvgIpc) is 3.01. The summed E-state index contributed by atoms with van der Waals surface area (Å²) in [5, 5.41) is 10.6. The highest BCUT2D eigenvalue weighted by Gasteiger charge is 2.08. The third kappa shape index (κ3) is 4.65. The summed E-state index contributed by atoms with van der Waals surface area (Å²) in [4.78, 5) is 26.7. The Morgan fingerprint density at radius 3 is 2.77 bits per heavy atom. The second kappa shape index (κ2) is 7.87. The van der Waals surface area contributed by atoms with Crippen molar-refractivity contribution in [3.63, 3.8) is 0 Å². The van der Waals surface area contributed by atoms with E-state index < -0.39 is 0 Å². The molecule has 2 rings (SSSR count). The van der Waals surface area contributed by atoms with E-state index in [2.05, 4.69) is 20.6 Å². The van der Waals surface area contributed by atoms with Crippen molar-refractivity contribution >= 4 is 11.9 Å². The van der Waals surface area contributed by atoms with Crippen LogP contribution < -0.4 is 5.32 Å². The summed E-state index contributed by atoms with van der Waals surface area (Å²) in [5.74, 6) is -0.604. The van der Waals surface area contributed by atoms with Crippen LogP contribution in [0.25, 0.3) is 5.69 Å². The monoisotopic (exact) mass is 303 g/mol. The maximum absolute atomic E-state index is 11.6. The molecule has 0 saturated heterocycles. The molecule has 8 heteroatoms. The lowest BCUT2D eigenvalue weighted by Crippen LogP contribution is -2.23. The van der Waals surface area contributed by atoms with Crippen LogP contribution in [0.1, 0.15) is 25.5 Å². The van der Waals surface area contributed by atoms with Gasteiger partial charge in [-0.05, 0) is 19.1 Å². The summed E-state index contributed by atoms with van der Waals surface area (Å²) in [6.45, 7) is 2.30. The zero-order valence-corrected chi connectivity index (χ0v) is 12.2. The molecule has 116 valence electrons. The number of pyridine rings is 1. The number of carbonyl (C=O) groups is 2. The van der Waals surface area contributed by atoms with Crippen molar-refractivity contribution in [3.8, 4) is 5.69 Å². The van der Waals surface area contributed by atoms with E-state index in [9.17, 15) is 9.59 Å². The molecule has 0 aliphatic rings. The fourth-order valence-corrected chi connectivity index (χ4v) is 1.73. The highest BCUT2D eigenvalue weighted by Crippen LogP contribution is 2.04. The predicted octanol–water partition coefficient (Wildman–Crippen LogP) is 0.622. The largest absolute Gasteiger partial charge is 0.466 e. The SMILES string of the molecule is CCOC(=O)CCC(=O)NCc1cn(-c2ccncc2)nn1. The van der Waals surface area contributed by atoms with Crippen LogP contribution in [0.5, 0.6) is 0 Å². The van der Waals surface area contributed by atoms with E-state index in [4.69, 9.17) is 4.74 Å². The lowest BCUT2D eigenvalue weighted by molar-refractivity contribution is -0.144. The van der Waals surface area contributed by atoms with Crippen LogP contribution in [0.15, 0.2) is 30.7 Å². The van der Waals surface area contributed by atoms with Gasteiger partial charge in [0.25, 0.3) is 0 Å². The van der Waals surface area contributed by atoms with Gasteiger partial charge in [0.15, 0.2) is 0 Å². The summed E-state index contributed by atoms with van der Waals surface area (Å²) in [7, 11) is 0. The summed E-state index contributed by atoms with van der Waals surface area (Å²) in [6, 6.07) is 3.60. The highest BCUT2D eigenvalue weighted by atomic mass is 16.5. The lowest BCUT2D eigenvalue weighted by Gasteiger charge is -2.03. The molecule has 0 radical (unpaired) electrons. The smallest absolute Gasteiger partial charge is 0.306 e. The minimum absolute atomic E-state index is 0.0728. The second-order valence-corrected chi connectivity index (χ2v) is 4.44. The molecule has 2 aromatic heterocycles. The van der Waals surface area contributed by atoms with Crippen molar-refractivity contribution in [3.05, 3.63) is 36.4 Å². The number of carbonyl (C=O) groups excluding carboxylic acids is 2. The third-order valence-electron chi connectivity index (χ3n) is 2.80. The molecular formula is C14H17N5O3. The molecule has 0 saturated carbocycles. The number of hydrogen-bond donors (Lipinski definition) is 1. The van der Waals surface area contributed by atoms with Gasteiger partial charge in [0, 0.05) is 18.8 Å². The van der Waals surface area contributed by atoms with Gasteiger partial charge in [0.2, 0.25) is 5.91 Å². The summed E-state index contributed by atoms with van der Waals surface area (Å²) in [5.41, 5.74) is 1.46. The maximum Gasteiger partial charge on any atom is 0.306 e. The Morgan fingerprint density at radius 2 is 2.05 bits per heavy atom. The van der Waals surface area contributed by atoms with E-state index >= 15 is 0 Å². The number of hydrogen-bond acceptors (Lipinski definition) is 6. The first-order chi connectivity index (χ1) is 10.7. The van der Waals surface area contributed by atoms with Crippen LogP contribution in [-0.4, -0.2) is 38.5 Å². The number of rotatable bonds is 7. The molecule has 1 amide bonds. The molecular weight excluding hydrogens is 286 g/mol. The van der Waals surface area contributed by atoms with Crippen LogP contribution in [0.3, 0.4) is 0 Å². The van der Waals surface area contributed by atoms with Gasteiger partial charge in [-0.2, -0.15) is 0 Å². The lowest BCUT2D eigenvalue weighted by atomic mass is 10.3. The quantitative estimate of drug-likeness (QED) is 0.753. The fourth-order valence-electron chi connectivity index (χ4n) is 1.73. The van der Waals surface area contributed by atoms with E-state index in [1.54, 1.807) is 42.3 Å². The van der Waals surface area contributed by atoms with Gasteiger partial charge < -0.3 is 10.1 Å². The highest BCUT2D eigenvalue weighted by molar-refractivity contribution is 5.81. The number of ether oxygens (including phenoxy) is 1.